The molecule has 21 heavy (non-hydrogen) atoms. The Kier molecular flexibility index (Phi) is 3.12. The van der Waals surface area contributed by atoms with Crippen LogP contribution < -0.4 is 0 Å². The fourth-order valence-electron chi connectivity index (χ4n) is 2.82. The molecular formula is C16H19N3O2. The van der Waals surface area contributed by atoms with Gasteiger partial charge in [0.2, 0.25) is 0 Å². The molecular weight excluding hydrogens is 266 g/mol. The van der Waals surface area contributed by atoms with Gasteiger partial charge in [-0.2, -0.15) is 5.26 Å². The van der Waals surface area contributed by atoms with Gasteiger partial charge in [0.05, 0.1) is 6.20 Å². The van der Waals surface area contributed by atoms with Crippen LogP contribution in [0.1, 0.15) is 69.1 Å². The van der Waals surface area contributed by atoms with Gasteiger partial charge in [0.15, 0.2) is 11.6 Å². The molecule has 110 valence electrons. The number of hydrogen-bond donors (Lipinski definition) is 0. The summed E-state index contributed by atoms with van der Waals surface area (Å²) >= 11 is 0. The van der Waals surface area contributed by atoms with Crippen LogP contribution in [0.4, 0.5) is 0 Å². The number of nitriles is 1. The molecule has 0 aromatic carbocycles. The minimum Gasteiger partial charge on any atom is -0.445 e. The minimum absolute atomic E-state index is 0.181. The standard InChI is InChI=1S/C16H19N3O2/c1-9(2)13-8-18-15(20-13)11-6-12(11)16(3,4)14-5-10(7-17)19-21-14/h5,8-9,11-12H,6H2,1-4H3. The largest absolute Gasteiger partial charge is 0.445 e. The topological polar surface area (TPSA) is 75.8 Å². The Morgan fingerprint density at radius 2 is 2.19 bits per heavy atom. The number of aromatic nitrogens is 2. The molecule has 1 aliphatic rings. The molecule has 3 rings (SSSR count). The molecule has 0 spiro atoms. The third-order valence-electron chi connectivity index (χ3n) is 4.40. The maximum absolute atomic E-state index is 8.86. The minimum atomic E-state index is -0.181. The van der Waals surface area contributed by atoms with E-state index in [0.29, 0.717) is 23.4 Å². The lowest BCUT2D eigenvalue weighted by Crippen LogP contribution is -2.20. The van der Waals surface area contributed by atoms with Crippen LogP contribution >= 0.6 is 0 Å². The molecule has 0 saturated heterocycles. The van der Waals surface area contributed by atoms with Crippen molar-refractivity contribution in [3.05, 3.63) is 35.4 Å². The molecule has 0 amide bonds. The summed E-state index contributed by atoms with van der Waals surface area (Å²) in [5.74, 6) is 3.57. The van der Waals surface area contributed by atoms with Crippen molar-refractivity contribution in [1.82, 2.24) is 10.1 Å². The molecule has 1 fully saturated rings. The smallest absolute Gasteiger partial charge is 0.197 e. The predicted octanol–water partition coefficient (Wildman–Crippen LogP) is 3.74. The highest BCUT2D eigenvalue weighted by Crippen LogP contribution is 2.57. The van der Waals surface area contributed by atoms with E-state index in [0.717, 1.165) is 23.8 Å². The van der Waals surface area contributed by atoms with Crippen molar-refractivity contribution in [3.8, 4) is 6.07 Å². The number of nitrogens with zero attached hydrogens (tertiary/aromatic N) is 3. The van der Waals surface area contributed by atoms with Crippen LogP contribution in [-0.4, -0.2) is 10.1 Å². The Morgan fingerprint density at radius 1 is 1.43 bits per heavy atom. The summed E-state index contributed by atoms with van der Waals surface area (Å²) < 4.78 is 11.2. The maximum Gasteiger partial charge on any atom is 0.197 e. The third-order valence-corrected chi connectivity index (χ3v) is 4.40. The average Bonchev–Trinajstić information content (AvgIpc) is 2.92. The van der Waals surface area contributed by atoms with Crippen molar-refractivity contribution in [2.45, 2.75) is 51.4 Å². The molecule has 2 atom stereocenters. The van der Waals surface area contributed by atoms with E-state index < -0.39 is 0 Å². The van der Waals surface area contributed by atoms with Crippen molar-refractivity contribution in [2.24, 2.45) is 5.92 Å². The molecule has 2 aromatic heterocycles. The van der Waals surface area contributed by atoms with Crippen LogP contribution in [0.15, 0.2) is 21.2 Å². The van der Waals surface area contributed by atoms with E-state index in [1.807, 2.05) is 12.3 Å². The van der Waals surface area contributed by atoms with Gasteiger partial charge in [-0.25, -0.2) is 4.98 Å². The Hall–Kier alpha value is -2.09. The van der Waals surface area contributed by atoms with Gasteiger partial charge >= 0.3 is 0 Å². The lowest BCUT2D eigenvalue weighted by Gasteiger charge is -2.20. The summed E-state index contributed by atoms with van der Waals surface area (Å²) in [5, 5.41) is 12.6. The van der Waals surface area contributed by atoms with Gasteiger partial charge in [-0.3, -0.25) is 0 Å². The van der Waals surface area contributed by atoms with E-state index in [-0.39, 0.29) is 5.41 Å². The average molecular weight is 285 g/mol. The maximum atomic E-state index is 8.86. The fourth-order valence-corrected chi connectivity index (χ4v) is 2.82. The summed E-state index contributed by atoms with van der Waals surface area (Å²) in [6.07, 6.45) is 2.85. The fraction of sp³-hybridized carbons (Fsp3) is 0.562. The van der Waals surface area contributed by atoms with Gasteiger partial charge in [0.25, 0.3) is 0 Å². The number of hydrogen-bond acceptors (Lipinski definition) is 5. The van der Waals surface area contributed by atoms with E-state index in [2.05, 4.69) is 37.8 Å². The van der Waals surface area contributed by atoms with Crippen LogP contribution in [0.3, 0.4) is 0 Å². The second-order valence-electron chi connectivity index (χ2n) is 6.61. The van der Waals surface area contributed by atoms with E-state index in [4.69, 9.17) is 14.2 Å². The van der Waals surface area contributed by atoms with Gasteiger partial charge in [-0.1, -0.05) is 32.9 Å². The van der Waals surface area contributed by atoms with Crippen LogP contribution in [0.25, 0.3) is 0 Å². The highest BCUT2D eigenvalue weighted by atomic mass is 16.5. The first-order valence-electron chi connectivity index (χ1n) is 7.26. The molecule has 0 aliphatic heterocycles. The molecule has 5 nitrogen and oxygen atoms in total. The lowest BCUT2D eigenvalue weighted by molar-refractivity contribution is 0.286. The van der Waals surface area contributed by atoms with Crippen LogP contribution in [0, 0.1) is 17.2 Å². The summed E-state index contributed by atoms with van der Waals surface area (Å²) in [4.78, 5) is 4.41. The second kappa shape index (κ2) is 4.73. The summed E-state index contributed by atoms with van der Waals surface area (Å²) in [6, 6.07) is 3.73. The van der Waals surface area contributed by atoms with Crippen molar-refractivity contribution < 1.29 is 8.94 Å². The summed E-state index contributed by atoms with van der Waals surface area (Å²) in [6.45, 7) is 8.42. The first-order valence-corrected chi connectivity index (χ1v) is 7.26. The number of oxazole rings is 1. The predicted molar refractivity (Wildman–Crippen MR) is 75.7 cm³/mol. The summed E-state index contributed by atoms with van der Waals surface area (Å²) in [5.41, 5.74) is 0.146. The first kappa shape index (κ1) is 13.9. The van der Waals surface area contributed by atoms with E-state index in [9.17, 15) is 0 Å². The van der Waals surface area contributed by atoms with Crippen molar-refractivity contribution in [2.75, 3.05) is 0 Å². The normalized spacial score (nSPS) is 21.5. The Bertz CT molecular complexity index is 690. The zero-order valence-electron chi connectivity index (χ0n) is 12.8. The molecule has 5 heteroatoms. The molecule has 2 unspecified atom stereocenters. The van der Waals surface area contributed by atoms with Gasteiger partial charge in [0, 0.05) is 23.3 Å². The molecule has 0 radical (unpaired) electrons. The Labute approximate surface area is 124 Å². The lowest BCUT2D eigenvalue weighted by atomic mass is 9.83. The van der Waals surface area contributed by atoms with Crippen molar-refractivity contribution >= 4 is 0 Å². The third kappa shape index (κ3) is 2.35. The Balaban J connectivity index is 1.78. The van der Waals surface area contributed by atoms with E-state index in [1.54, 1.807) is 6.07 Å². The molecule has 0 bridgehead atoms. The molecule has 2 aromatic rings. The van der Waals surface area contributed by atoms with Gasteiger partial charge in [-0.05, 0) is 12.3 Å². The SMILES string of the molecule is CC(C)c1cnc(C2CC2C(C)(C)c2cc(C#N)no2)o1. The molecule has 1 saturated carbocycles. The van der Waals surface area contributed by atoms with Crippen molar-refractivity contribution in [1.29, 1.82) is 5.26 Å². The zero-order valence-corrected chi connectivity index (χ0v) is 12.8. The quantitative estimate of drug-likeness (QED) is 0.855. The molecule has 1 aliphatic carbocycles. The summed E-state index contributed by atoms with van der Waals surface area (Å²) in [7, 11) is 0. The number of rotatable bonds is 4. The monoisotopic (exact) mass is 285 g/mol. The molecule has 2 heterocycles. The second-order valence-corrected chi connectivity index (χ2v) is 6.61. The van der Waals surface area contributed by atoms with Gasteiger partial charge < -0.3 is 8.94 Å². The van der Waals surface area contributed by atoms with Crippen LogP contribution in [-0.2, 0) is 5.41 Å². The van der Waals surface area contributed by atoms with Crippen LogP contribution in [0.5, 0.6) is 0 Å². The molecule has 0 N–H and O–H groups in total. The van der Waals surface area contributed by atoms with Crippen molar-refractivity contribution in [3.63, 3.8) is 0 Å². The van der Waals surface area contributed by atoms with E-state index in [1.165, 1.54) is 0 Å². The first-order chi connectivity index (χ1) is 9.93. The zero-order chi connectivity index (χ0) is 15.2. The highest BCUT2D eigenvalue weighted by Gasteiger charge is 2.53. The van der Waals surface area contributed by atoms with Gasteiger partial charge in [0.1, 0.15) is 17.6 Å². The highest BCUT2D eigenvalue weighted by molar-refractivity contribution is 5.28. The Morgan fingerprint density at radius 3 is 2.76 bits per heavy atom. The van der Waals surface area contributed by atoms with Crippen LogP contribution in [0.2, 0.25) is 0 Å². The van der Waals surface area contributed by atoms with E-state index >= 15 is 0 Å². The van der Waals surface area contributed by atoms with Gasteiger partial charge in [-0.15, -0.1) is 0 Å².